The predicted octanol–water partition coefficient (Wildman–Crippen LogP) is 5.95. The van der Waals surface area contributed by atoms with Crippen LogP contribution in [0.2, 0.25) is 0 Å². The monoisotopic (exact) mass is 388 g/mol. The van der Waals surface area contributed by atoms with Gasteiger partial charge in [-0.05, 0) is 42.4 Å². The van der Waals surface area contributed by atoms with E-state index in [4.69, 9.17) is 5.11 Å². The van der Waals surface area contributed by atoms with Gasteiger partial charge in [0.25, 0.3) is 0 Å². The smallest absolute Gasteiger partial charge is 0.303 e. The molecule has 150 valence electrons. The highest BCUT2D eigenvalue weighted by molar-refractivity contribution is 5.66. The molecule has 4 nitrogen and oxygen atoms in total. The molecule has 1 heterocycles. The molecule has 0 spiro atoms. The van der Waals surface area contributed by atoms with Gasteiger partial charge < -0.3 is 5.11 Å². The van der Waals surface area contributed by atoms with Crippen LogP contribution < -0.4 is 0 Å². The van der Waals surface area contributed by atoms with Crippen molar-refractivity contribution in [1.29, 1.82) is 0 Å². The summed E-state index contributed by atoms with van der Waals surface area (Å²) in [4.78, 5) is 19.7. The fourth-order valence-corrected chi connectivity index (χ4v) is 3.33. The number of unbranched alkanes of at least 4 members (excludes halogenated alkanes) is 2. The van der Waals surface area contributed by atoms with E-state index in [1.807, 2.05) is 36.7 Å². The summed E-state index contributed by atoms with van der Waals surface area (Å²) < 4.78 is 0. The van der Waals surface area contributed by atoms with Gasteiger partial charge in [0, 0.05) is 29.9 Å². The molecule has 4 heteroatoms. The molecule has 0 atom stereocenters. The molecule has 0 radical (unpaired) electrons. The molecule has 0 bridgehead atoms. The van der Waals surface area contributed by atoms with Crippen molar-refractivity contribution in [3.63, 3.8) is 0 Å². The minimum Gasteiger partial charge on any atom is -0.481 e. The molecule has 1 N–H and O–H groups in total. The maximum Gasteiger partial charge on any atom is 0.303 e. The third-order valence-corrected chi connectivity index (χ3v) is 5.08. The lowest BCUT2D eigenvalue weighted by molar-refractivity contribution is -0.137. The van der Waals surface area contributed by atoms with Gasteiger partial charge in [-0.1, -0.05) is 68.3 Å². The summed E-state index contributed by atoms with van der Waals surface area (Å²) in [5, 5.41) is 8.73. The Morgan fingerprint density at radius 2 is 1.31 bits per heavy atom. The summed E-state index contributed by atoms with van der Waals surface area (Å²) in [5.74, 6) is -0.0101. The summed E-state index contributed by atoms with van der Waals surface area (Å²) in [5.41, 5.74) is 5.57. The van der Waals surface area contributed by atoms with Gasteiger partial charge in [0.05, 0.1) is 0 Å². The van der Waals surface area contributed by atoms with E-state index in [-0.39, 0.29) is 6.42 Å². The second kappa shape index (κ2) is 10.5. The first-order chi connectivity index (χ1) is 14.2. The average Bonchev–Trinajstić information content (AvgIpc) is 2.75. The van der Waals surface area contributed by atoms with Crippen molar-refractivity contribution in [2.24, 2.45) is 0 Å². The number of carbonyl (C=O) groups is 1. The van der Waals surface area contributed by atoms with E-state index in [9.17, 15) is 4.79 Å². The lowest BCUT2D eigenvalue weighted by Gasteiger charge is -2.06. The minimum atomic E-state index is -0.745. The molecule has 0 aliphatic carbocycles. The van der Waals surface area contributed by atoms with Crippen LogP contribution in [0.5, 0.6) is 0 Å². The zero-order chi connectivity index (χ0) is 20.5. The Hall–Kier alpha value is -3.01. The van der Waals surface area contributed by atoms with Gasteiger partial charge in [-0.2, -0.15) is 0 Å². The van der Waals surface area contributed by atoms with Crippen molar-refractivity contribution < 1.29 is 9.90 Å². The zero-order valence-corrected chi connectivity index (χ0v) is 17.0. The van der Waals surface area contributed by atoms with Crippen LogP contribution in [0.1, 0.15) is 50.2 Å². The Bertz CT molecular complexity index is 901. The first-order valence-corrected chi connectivity index (χ1v) is 10.4. The van der Waals surface area contributed by atoms with Gasteiger partial charge >= 0.3 is 5.97 Å². The van der Waals surface area contributed by atoms with Gasteiger partial charge in [0.15, 0.2) is 5.82 Å². The molecule has 0 unspecified atom stereocenters. The van der Waals surface area contributed by atoms with Crippen LogP contribution in [0.4, 0.5) is 0 Å². The first-order valence-electron chi connectivity index (χ1n) is 10.4. The Morgan fingerprint density at radius 1 is 0.759 bits per heavy atom. The lowest BCUT2D eigenvalue weighted by Crippen LogP contribution is -1.96. The number of hydrogen-bond acceptors (Lipinski definition) is 3. The molecular formula is C25H28N2O2. The molecule has 0 aliphatic heterocycles. The third kappa shape index (κ3) is 6.24. The van der Waals surface area contributed by atoms with Gasteiger partial charge in [0.1, 0.15) is 0 Å². The van der Waals surface area contributed by atoms with Crippen LogP contribution in [0, 0.1) is 0 Å². The fourth-order valence-electron chi connectivity index (χ4n) is 3.33. The van der Waals surface area contributed by atoms with E-state index < -0.39 is 5.97 Å². The number of nitrogens with zero attached hydrogens (tertiary/aromatic N) is 2. The number of carboxylic acids is 1. The number of aryl methyl sites for hydroxylation is 2. The number of aromatic nitrogens is 2. The normalized spacial score (nSPS) is 10.8. The van der Waals surface area contributed by atoms with E-state index in [1.54, 1.807) is 0 Å². The van der Waals surface area contributed by atoms with E-state index in [0.717, 1.165) is 40.9 Å². The number of benzene rings is 2. The molecule has 3 rings (SSSR count). The van der Waals surface area contributed by atoms with Crippen molar-refractivity contribution in [2.45, 2.75) is 51.9 Å². The second-order valence-electron chi connectivity index (χ2n) is 7.39. The van der Waals surface area contributed by atoms with Crippen LogP contribution in [0.3, 0.4) is 0 Å². The van der Waals surface area contributed by atoms with Crippen LogP contribution >= 0.6 is 0 Å². The van der Waals surface area contributed by atoms with E-state index in [1.165, 1.54) is 24.8 Å². The average molecular weight is 389 g/mol. The molecule has 0 fully saturated rings. The Labute approximate surface area is 172 Å². The Kier molecular flexibility index (Phi) is 7.51. The van der Waals surface area contributed by atoms with Crippen LogP contribution in [0.25, 0.3) is 22.5 Å². The maximum atomic E-state index is 10.6. The van der Waals surface area contributed by atoms with Gasteiger partial charge in [-0.25, -0.2) is 9.97 Å². The van der Waals surface area contributed by atoms with E-state index in [0.29, 0.717) is 6.42 Å². The summed E-state index contributed by atoms with van der Waals surface area (Å²) in [6, 6.07) is 16.7. The molecule has 3 aromatic rings. The van der Waals surface area contributed by atoms with Crippen LogP contribution in [-0.2, 0) is 17.6 Å². The van der Waals surface area contributed by atoms with Gasteiger partial charge in [-0.15, -0.1) is 0 Å². The standard InChI is InChI=1S/C25H28N2O2/c1-2-3-4-6-19-11-15-22(16-12-19)25-26-17-23(18-27-25)21-13-9-20(10-14-21)7-5-8-24(28)29/h9-18H,2-8H2,1H3,(H,28,29). The van der Waals surface area contributed by atoms with E-state index >= 15 is 0 Å². The second-order valence-corrected chi connectivity index (χ2v) is 7.39. The number of rotatable bonds is 10. The molecular weight excluding hydrogens is 360 g/mol. The molecule has 0 saturated heterocycles. The lowest BCUT2D eigenvalue weighted by atomic mass is 10.0. The summed E-state index contributed by atoms with van der Waals surface area (Å²) in [7, 11) is 0. The van der Waals surface area contributed by atoms with Crippen molar-refractivity contribution in [3.8, 4) is 22.5 Å². The van der Waals surface area contributed by atoms with Gasteiger partial charge in [0.2, 0.25) is 0 Å². The molecule has 0 saturated carbocycles. The number of aliphatic carboxylic acids is 1. The topological polar surface area (TPSA) is 63.1 Å². The number of carboxylic acid groups (broad SMARTS) is 1. The maximum absolute atomic E-state index is 10.6. The Balaban J connectivity index is 1.61. The quantitative estimate of drug-likeness (QED) is 0.436. The van der Waals surface area contributed by atoms with Gasteiger partial charge in [-0.3, -0.25) is 4.79 Å². The van der Waals surface area contributed by atoms with Crippen LogP contribution in [0.15, 0.2) is 60.9 Å². The minimum absolute atomic E-state index is 0.205. The van der Waals surface area contributed by atoms with Crippen molar-refractivity contribution in [3.05, 3.63) is 72.1 Å². The summed E-state index contributed by atoms with van der Waals surface area (Å²) in [6.07, 6.45) is 10.2. The third-order valence-electron chi connectivity index (χ3n) is 5.08. The molecule has 2 aromatic carbocycles. The zero-order valence-electron chi connectivity index (χ0n) is 17.0. The highest BCUT2D eigenvalue weighted by atomic mass is 16.4. The highest BCUT2D eigenvalue weighted by Gasteiger charge is 2.05. The molecule has 0 aliphatic rings. The molecule has 1 aromatic heterocycles. The fraction of sp³-hybridized carbons (Fsp3) is 0.320. The molecule has 0 amide bonds. The Morgan fingerprint density at radius 3 is 1.86 bits per heavy atom. The molecule has 29 heavy (non-hydrogen) atoms. The van der Waals surface area contributed by atoms with Crippen LogP contribution in [-0.4, -0.2) is 21.0 Å². The predicted molar refractivity (Wildman–Crippen MR) is 117 cm³/mol. The highest BCUT2D eigenvalue weighted by Crippen LogP contribution is 2.22. The SMILES string of the molecule is CCCCCc1ccc(-c2ncc(-c3ccc(CCCC(=O)O)cc3)cn2)cc1. The van der Waals surface area contributed by atoms with Crippen molar-refractivity contribution >= 4 is 5.97 Å². The van der Waals surface area contributed by atoms with Crippen molar-refractivity contribution in [1.82, 2.24) is 9.97 Å². The summed E-state index contributed by atoms with van der Waals surface area (Å²) in [6.45, 7) is 2.22. The van der Waals surface area contributed by atoms with Crippen molar-refractivity contribution in [2.75, 3.05) is 0 Å². The largest absolute Gasteiger partial charge is 0.481 e. The number of hydrogen-bond donors (Lipinski definition) is 1. The summed E-state index contributed by atoms with van der Waals surface area (Å²) >= 11 is 0. The van der Waals surface area contributed by atoms with E-state index in [2.05, 4.69) is 41.2 Å². The first kappa shape index (κ1) is 20.7.